The molecule has 0 aliphatic carbocycles. The normalized spacial score (nSPS) is 10.9. The Morgan fingerprint density at radius 3 is 2.79 bits per heavy atom. The summed E-state index contributed by atoms with van der Waals surface area (Å²) in [5.74, 6) is -0.243. The first-order valence-corrected chi connectivity index (χ1v) is 6.79. The molecule has 1 amide bonds. The predicted molar refractivity (Wildman–Crippen MR) is 78.5 cm³/mol. The van der Waals surface area contributed by atoms with E-state index in [1.54, 1.807) is 6.08 Å². The summed E-state index contributed by atoms with van der Waals surface area (Å²) in [5, 5.41) is 12.3. The van der Waals surface area contributed by atoms with Crippen molar-refractivity contribution in [1.82, 2.24) is 10.2 Å². The van der Waals surface area contributed by atoms with Crippen LogP contribution in [0.3, 0.4) is 0 Å². The van der Waals surface area contributed by atoms with Gasteiger partial charge < -0.3 is 0 Å². The predicted octanol–water partition coefficient (Wildman–Crippen LogP) is 3.46. The van der Waals surface area contributed by atoms with Crippen molar-refractivity contribution in [1.29, 1.82) is 0 Å². The third kappa shape index (κ3) is 3.87. The van der Waals surface area contributed by atoms with Crippen LogP contribution in [0, 0.1) is 13.8 Å². The van der Waals surface area contributed by atoms with E-state index in [2.05, 4.69) is 15.5 Å². The van der Waals surface area contributed by atoms with Crippen molar-refractivity contribution in [3.63, 3.8) is 0 Å². The van der Waals surface area contributed by atoms with Gasteiger partial charge in [0.1, 0.15) is 5.01 Å². The molecule has 6 heteroatoms. The summed E-state index contributed by atoms with van der Waals surface area (Å²) in [6.07, 6.45) is 3.15. The van der Waals surface area contributed by atoms with Crippen LogP contribution in [0.5, 0.6) is 0 Å². The molecule has 0 unspecified atom stereocenters. The van der Waals surface area contributed by atoms with E-state index >= 15 is 0 Å². The molecule has 0 radical (unpaired) electrons. The molecule has 1 aromatic heterocycles. The Labute approximate surface area is 120 Å². The summed E-state index contributed by atoms with van der Waals surface area (Å²) in [7, 11) is 0. The van der Waals surface area contributed by atoms with E-state index in [1.165, 1.54) is 17.4 Å². The van der Waals surface area contributed by atoms with Crippen LogP contribution in [-0.4, -0.2) is 16.1 Å². The number of nitrogens with one attached hydrogen (secondary N) is 1. The first kappa shape index (κ1) is 13.7. The Morgan fingerprint density at radius 2 is 2.16 bits per heavy atom. The van der Waals surface area contributed by atoms with Gasteiger partial charge in [0.15, 0.2) is 0 Å². The standard InChI is InChI=1S/C13H12ClN3OS/c1-8-3-4-10(7-11(8)14)5-6-12(18)15-13-17-16-9(2)19-13/h3-7H,1-2H3,(H,15,17,18)/b6-5+. The van der Waals surface area contributed by atoms with Gasteiger partial charge >= 0.3 is 0 Å². The number of anilines is 1. The second kappa shape index (κ2) is 5.95. The number of rotatable bonds is 3. The molecule has 4 nitrogen and oxygen atoms in total. The molecule has 98 valence electrons. The van der Waals surface area contributed by atoms with Gasteiger partial charge in [-0.2, -0.15) is 0 Å². The minimum Gasteiger partial charge on any atom is -0.297 e. The summed E-state index contributed by atoms with van der Waals surface area (Å²) in [6.45, 7) is 3.76. The summed E-state index contributed by atoms with van der Waals surface area (Å²) < 4.78 is 0. The smallest absolute Gasteiger partial charge is 0.250 e. The second-order valence-corrected chi connectivity index (χ2v) is 5.55. The minimum absolute atomic E-state index is 0.243. The molecule has 19 heavy (non-hydrogen) atoms. The first-order valence-electron chi connectivity index (χ1n) is 5.60. The van der Waals surface area contributed by atoms with E-state index in [-0.39, 0.29) is 5.91 Å². The zero-order chi connectivity index (χ0) is 13.8. The number of aromatic nitrogens is 2. The molecule has 0 bridgehead atoms. The highest BCUT2D eigenvalue weighted by atomic mass is 35.5. The lowest BCUT2D eigenvalue weighted by Crippen LogP contribution is -2.07. The van der Waals surface area contributed by atoms with E-state index < -0.39 is 0 Å². The average molecular weight is 294 g/mol. The SMILES string of the molecule is Cc1nnc(NC(=O)/C=C/c2ccc(C)c(Cl)c2)s1. The Bertz CT molecular complexity index is 637. The van der Waals surface area contributed by atoms with Crippen molar-refractivity contribution in [2.24, 2.45) is 0 Å². The molecule has 0 spiro atoms. The lowest BCUT2D eigenvalue weighted by molar-refractivity contribution is -0.111. The summed E-state index contributed by atoms with van der Waals surface area (Å²) >= 11 is 7.34. The van der Waals surface area contributed by atoms with Crippen molar-refractivity contribution in [2.45, 2.75) is 13.8 Å². The molecule has 0 aliphatic heterocycles. The number of benzene rings is 1. The van der Waals surface area contributed by atoms with Gasteiger partial charge in [0.25, 0.3) is 0 Å². The lowest BCUT2D eigenvalue weighted by Gasteiger charge is -1.99. The molecule has 1 N–H and O–H groups in total. The quantitative estimate of drug-likeness (QED) is 0.882. The zero-order valence-corrected chi connectivity index (χ0v) is 12.0. The van der Waals surface area contributed by atoms with Crippen LogP contribution in [0.2, 0.25) is 5.02 Å². The highest BCUT2D eigenvalue weighted by molar-refractivity contribution is 7.15. The Hall–Kier alpha value is -1.72. The minimum atomic E-state index is -0.243. The molecule has 0 aliphatic rings. The molecule has 0 saturated carbocycles. The van der Waals surface area contributed by atoms with Gasteiger partial charge in [-0.05, 0) is 37.1 Å². The number of halogens is 1. The summed E-state index contributed by atoms with van der Waals surface area (Å²) in [5.41, 5.74) is 1.88. The number of nitrogens with zero attached hydrogens (tertiary/aromatic N) is 2. The van der Waals surface area contributed by atoms with E-state index in [0.29, 0.717) is 10.2 Å². The fourth-order valence-corrected chi connectivity index (χ4v) is 2.16. The molecule has 0 fully saturated rings. The number of aryl methyl sites for hydroxylation is 2. The third-order valence-electron chi connectivity index (χ3n) is 2.38. The van der Waals surface area contributed by atoms with Crippen molar-refractivity contribution >= 4 is 40.1 Å². The average Bonchev–Trinajstić information content (AvgIpc) is 2.76. The topological polar surface area (TPSA) is 54.9 Å². The Morgan fingerprint density at radius 1 is 1.37 bits per heavy atom. The van der Waals surface area contributed by atoms with Crippen LogP contribution >= 0.6 is 22.9 Å². The van der Waals surface area contributed by atoms with Crippen LogP contribution < -0.4 is 5.32 Å². The van der Waals surface area contributed by atoms with Gasteiger partial charge in [-0.15, -0.1) is 10.2 Å². The molecule has 2 rings (SSSR count). The Balaban J connectivity index is 2.01. The molecule has 0 saturated heterocycles. The number of carbonyl (C=O) groups is 1. The maximum Gasteiger partial charge on any atom is 0.250 e. The number of amides is 1. The van der Waals surface area contributed by atoms with Gasteiger partial charge in [-0.3, -0.25) is 10.1 Å². The number of hydrogen-bond donors (Lipinski definition) is 1. The third-order valence-corrected chi connectivity index (χ3v) is 3.54. The second-order valence-electron chi connectivity index (χ2n) is 3.96. The molecule has 1 aromatic carbocycles. The van der Waals surface area contributed by atoms with Gasteiger partial charge in [0.05, 0.1) is 0 Å². The van der Waals surface area contributed by atoms with E-state index in [0.717, 1.165) is 16.1 Å². The van der Waals surface area contributed by atoms with Crippen LogP contribution in [0.25, 0.3) is 6.08 Å². The van der Waals surface area contributed by atoms with Crippen LogP contribution in [0.4, 0.5) is 5.13 Å². The summed E-state index contributed by atoms with van der Waals surface area (Å²) in [6, 6.07) is 5.63. The van der Waals surface area contributed by atoms with Gasteiger partial charge in [0.2, 0.25) is 11.0 Å². The highest BCUT2D eigenvalue weighted by Gasteiger charge is 2.03. The lowest BCUT2D eigenvalue weighted by atomic mass is 10.1. The van der Waals surface area contributed by atoms with Crippen molar-refractivity contribution in [2.75, 3.05) is 5.32 Å². The van der Waals surface area contributed by atoms with Crippen molar-refractivity contribution in [3.05, 3.63) is 45.4 Å². The zero-order valence-electron chi connectivity index (χ0n) is 10.5. The maximum absolute atomic E-state index is 11.7. The van der Waals surface area contributed by atoms with Crippen molar-refractivity contribution < 1.29 is 4.79 Å². The van der Waals surface area contributed by atoms with E-state index in [1.807, 2.05) is 32.0 Å². The number of hydrogen-bond acceptors (Lipinski definition) is 4. The molecular weight excluding hydrogens is 282 g/mol. The van der Waals surface area contributed by atoms with E-state index in [4.69, 9.17) is 11.6 Å². The fourth-order valence-electron chi connectivity index (χ4n) is 1.38. The maximum atomic E-state index is 11.7. The van der Waals surface area contributed by atoms with Gasteiger partial charge in [0, 0.05) is 11.1 Å². The first-order chi connectivity index (χ1) is 9.04. The monoisotopic (exact) mass is 293 g/mol. The molecule has 1 heterocycles. The molecule has 2 aromatic rings. The van der Waals surface area contributed by atoms with Crippen LogP contribution in [-0.2, 0) is 4.79 Å². The van der Waals surface area contributed by atoms with Gasteiger partial charge in [-0.25, -0.2) is 0 Å². The Kier molecular flexibility index (Phi) is 4.29. The fraction of sp³-hybridized carbons (Fsp3) is 0.154. The number of carbonyl (C=O) groups excluding carboxylic acids is 1. The van der Waals surface area contributed by atoms with Crippen LogP contribution in [0.15, 0.2) is 24.3 Å². The highest BCUT2D eigenvalue weighted by Crippen LogP contribution is 2.18. The molecular formula is C13H12ClN3OS. The molecule has 0 atom stereocenters. The van der Waals surface area contributed by atoms with E-state index in [9.17, 15) is 4.79 Å². The largest absolute Gasteiger partial charge is 0.297 e. The van der Waals surface area contributed by atoms with Crippen LogP contribution in [0.1, 0.15) is 16.1 Å². The van der Waals surface area contributed by atoms with Crippen molar-refractivity contribution in [3.8, 4) is 0 Å². The summed E-state index contributed by atoms with van der Waals surface area (Å²) in [4.78, 5) is 11.7. The van der Waals surface area contributed by atoms with Gasteiger partial charge in [-0.1, -0.05) is 35.1 Å².